The number of thiazole rings is 1. The minimum absolute atomic E-state index is 0.469. The van der Waals surface area contributed by atoms with Gasteiger partial charge in [-0.1, -0.05) is 18.6 Å². The van der Waals surface area contributed by atoms with Crippen molar-refractivity contribution in [3.8, 4) is 22.4 Å². The van der Waals surface area contributed by atoms with Crippen LogP contribution in [-0.4, -0.2) is 67.5 Å². The van der Waals surface area contributed by atoms with Gasteiger partial charge in [-0.3, -0.25) is 5.10 Å². The van der Waals surface area contributed by atoms with Crippen LogP contribution in [0.25, 0.3) is 32.6 Å². The van der Waals surface area contributed by atoms with Crippen molar-refractivity contribution in [3.63, 3.8) is 0 Å². The molecule has 0 aliphatic carbocycles. The highest BCUT2D eigenvalue weighted by Gasteiger charge is 2.38. The molecule has 5 heterocycles. The van der Waals surface area contributed by atoms with Gasteiger partial charge in [-0.15, -0.1) is 21.5 Å². The fourth-order valence-corrected chi connectivity index (χ4v) is 6.24. The van der Waals surface area contributed by atoms with E-state index in [0.717, 1.165) is 32.6 Å². The van der Waals surface area contributed by atoms with Gasteiger partial charge >= 0.3 is 0 Å². The summed E-state index contributed by atoms with van der Waals surface area (Å²) in [6, 6.07) is 5.97. The van der Waals surface area contributed by atoms with Crippen molar-refractivity contribution >= 4 is 27.5 Å². The van der Waals surface area contributed by atoms with E-state index in [-0.39, 0.29) is 0 Å². The summed E-state index contributed by atoms with van der Waals surface area (Å²) in [5.74, 6) is 0.706. The molecule has 4 aromatic rings. The lowest BCUT2D eigenvalue weighted by Gasteiger charge is -2.49. The largest absolute Gasteiger partial charge is 0.339 e. The molecule has 8 nitrogen and oxygen atoms in total. The molecule has 2 saturated heterocycles. The highest BCUT2D eigenvalue weighted by molar-refractivity contribution is 7.17. The van der Waals surface area contributed by atoms with Crippen LogP contribution in [0.3, 0.4) is 0 Å². The van der Waals surface area contributed by atoms with Gasteiger partial charge in [0.05, 0.1) is 28.1 Å². The molecule has 6 rings (SSSR count). The van der Waals surface area contributed by atoms with E-state index >= 15 is 0 Å². The molecule has 9 heteroatoms. The van der Waals surface area contributed by atoms with Crippen molar-refractivity contribution < 1.29 is 0 Å². The monoisotopic (exact) mass is 446 g/mol. The first-order valence-electron chi connectivity index (χ1n) is 11.2. The Morgan fingerprint density at radius 1 is 1.06 bits per heavy atom. The zero-order chi connectivity index (χ0) is 21.7. The van der Waals surface area contributed by atoms with Gasteiger partial charge in [0.15, 0.2) is 0 Å². The second kappa shape index (κ2) is 7.90. The van der Waals surface area contributed by atoms with Gasteiger partial charge in [-0.25, -0.2) is 9.97 Å². The minimum Gasteiger partial charge on any atom is -0.339 e. The normalized spacial score (nSPS) is 23.5. The average Bonchev–Trinajstić information content (AvgIpc) is 3.51. The molecule has 2 fully saturated rings. The van der Waals surface area contributed by atoms with Crippen molar-refractivity contribution in [1.29, 1.82) is 0 Å². The van der Waals surface area contributed by atoms with E-state index in [0.29, 0.717) is 24.1 Å². The summed E-state index contributed by atoms with van der Waals surface area (Å²) in [7, 11) is 4.40. The van der Waals surface area contributed by atoms with Crippen LogP contribution < -0.4 is 4.90 Å². The van der Waals surface area contributed by atoms with E-state index in [9.17, 15) is 0 Å². The van der Waals surface area contributed by atoms with Gasteiger partial charge < -0.3 is 9.80 Å². The van der Waals surface area contributed by atoms with Crippen molar-refractivity contribution in [1.82, 2.24) is 35.3 Å². The maximum atomic E-state index is 4.71. The zero-order valence-corrected chi connectivity index (χ0v) is 19.1. The molecular formula is C23H26N8S. The average molecular weight is 447 g/mol. The molecule has 3 atom stereocenters. The Labute approximate surface area is 190 Å². The van der Waals surface area contributed by atoms with Crippen LogP contribution in [-0.2, 0) is 0 Å². The van der Waals surface area contributed by atoms with E-state index in [1.807, 2.05) is 24.1 Å². The highest BCUT2D eigenvalue weighted by Crippen LogP contribution is 2.37. The van der Waals surface area contributed by atoms with Gasteiger partial charge in [-0.05, 0) is 32.7 Å². The predicted octanol–water partition coefficient (Wildman–Crippen LogP) is 3.99. The summed E-state index contributed by atoms with van der Waals surface area (Å²) >= 11 is 1.61. The van der Waals surface area contributed by atoms with Crippen molar-refractivity contribution in [2.45, 2.75) is 50.2 Å². The molecule has 2 bridgehead atoms. The first-order valence-corrected chi connectivity index (χ1v) is 12.1. The summed E-state index contributed by atoms with van der Waals surface area (Å²) in [6.07, 6.45) is 11.9. The maximum absolute atomic E-state index is 4.71. The third kappa shape index (κ3) is 3.27. The number of fused-ring (bicyclic) bond motifs is 3. The Balaban J connectivity index is 1.27. The molecule has 0 amide bonds. The van der Waals surface area contributed by atoms with E-state index in [1.54, 1.807) is 11.3 Å². The fraction of sp³-hybridized carbons (Fsp3) is 0.435. The molecule has 1 unspecified atom stereocenters. The summed E-state index contributed by atoms with van der Waals surface area (Å²) in [6.45, 7) is 0. The summed E-state index contributed by atoms with van der Waals surface area (Å²) < 4.78 is 1.09. The zero-order valence-electron chi connectivity index (χ0n) is 18.3. The summed E-state index contributed by atoms with van der Waals surface area (Å²) in [5.41, 5.74) is 6.70. The van der Waals surface area contributed by atoms with Gasteiger partial charge in [0.2, 0.25) is 5.95 Å². The third-order valence-electron chi connectivity index (χ3n) is 7.30. The van der Waals surface area contributed by atoms with Crippen LogP contribution in [0.1, 0.15) is 32.1 Å². The molecule has 0 saturated carbocycles. The lowest BCUT2D eigenvalue weighted by atomic mass is 9.82. The van der Waals surface area contributed by atoms with Gasteiger partial charge in [-0.2, -0.15) is 5.10 Å². The summed E-state index contributed by atoms with van der Waals surface area (Å²) in [5, 5.41) is 16.0. The number of aromatic amines is 1. The molecule has 3 aromatic heterocycles. The predicted molar refractivity (Wildman–Crippen MR) is 127 cm³/mol. The highest BCUT2D eigenvalue weighted by atomic mass is 32.1. The van der Waals surface area contributed by atoms with Gasteiger partial charge in [0.1, 0.15) is 5.69 Å². The second-order valence-corrected chi connectivity index (χ2v) is 9.82. The number of hydrogen-bond acceptors (Lipinski definition) is 8. The van der Waals surface area contributed by atoms with E-state index in [1.165, 1.54) is 32.1 Å². The standard InChI is InChI=1S/C23H26N8S/c1-30-15-4-3-5-16(30)9-17(8-15)31(2)23-24-12-20(28-29-23)19-7-6-18(14-10-26-27-11-14)21-22(19)32-13-25-21/h6-7,10-13,15-17H,3-5,8-9H2,1-2H3,(H,26,27)/t15-,16+,17?. The Morgan fingerprint density at radius 2 is 1.88 bits per heavy atom. The number of piperidine rings is 2. The van der Waals surface area contributed by atoms with Crippen molar-refractivity contribution in [3.05, 3.63) is 36.2 Å². The molecule has 1 N–H and O–H groups in total. The lowest BCUT2D eigenvalue weighted by Crippen LogP contribution is -2.55. The number of nitrogens with one attached hydrogen (secondary N) is 1. The van der Waals surface area contributed by atoms with Crippen LogP contribution in [0.5, 0.6) is 0 Å². The number of hydrogen-bond donors (Lipinski definition) is 1. The Morgan fingerprint density at radius 3 is 2.59 bits per heavy atom. The molecular weight excluding hydrogens is 420 g/mol. The molecule has 2 aliphatic heterocycles. The van der Waals surface area contributed by atoms with E-state index < -0.39 is 0 Å². The minimum atomic E-state index is 0.469. The Bertz CT molecular complexity index is 1200. The number of rotatable bonds is 4. The third-order valence-corrected chi connectivity index (χ3v) is 8.16. The van der Waals surface area contributed by atoms with Crippen LogP contribution in [0, 0.1) is 0 Å². The lowest BCUT2D eigenvalue weighted by molar-refractivity contribution is 0.0556. The second-order valence-electron chi connectivity index (χ2n) is 8.96. The van der Waals surface area contributed by atoms with Crippen LogP contribution >= 0.6 is 11.3 Å². The first kappa shape index (κ1) is 19.8. The number of aromatic nitrogens is 6. The van der Waals surface area contributed by atoms with Gasteiger partial charge in [0.25, 0.3) is 0 Å². The molecule has 2 aliphatic rings. The number of anilines is 1. The first-order chi connectivity index (χ1) is 15.7. The van der Waals surface area contributed by atoms with Gasteiger partial charge in [0, 0.05) is 48.1 Å². The maximum Gasteiger partial charge on any atom is 0.245 e. The van der Waals surface area contributed by atoms with Crippen LogP contribution in [0.15, 0.2) is 36.2 Å². The molecule has 32 heavy (non-hydrogen) atoms. The Hall–Kier alpha value is -2.91. The number of benzene rings is 1. The fourth-order valence-electron chi connectivity index (χ4n) is 5.40. The topological polar surface area (TPSA) is 86.7 Å². The van der Waals surface area contributed by atoms with Crippen LogP contribution in [0.2, 0.25) is 0 Å². The molecule has 0 radical (unpaired) electrons. The van der Waals surface area contributed by atoms with Crippen molar-refractivity contribution in [2.24, 2.45) is 0 Å². The SMILES string of the molecule is CN(c1ncc(-c2ccc(-c3cn[nH]c3)c3ncsc23)nn1)C1C[C@H]2CCC[C@@H](C1)N2C. The quantitative estimate of drug-likeness (QED) is 0.507. The van der Waals surface area contributed by atoms with Crippen LogP contribution in [0.4, 0.5) is 5.95 Å². The number of nitrogens with zero attached hydrogens (tertiary/aromatic N) is 7. The van der Waals surface area contributed by atoms with Crippen molar-refractivity contribution in [2.75, 3.05) is 19.0 Å². The van der Waals surface area contributed by atoms with E-state index in [2.05, 4.69) is 61.4 Å². The smallest absolute Gasteiger partial charge is 0.245 e. The molecule has 164 valence electrons. The molecule has 1 aromatic carbocycles. The number of H-pyrrole nitrogens is 1. The summed E-state index contributed by atoms with van der Waals surface area (Å²) in [4.78, 5) is 14.1. The molecule has 0 spiro atoms. The Kier molecular flexibility index (Phi) is 4.87. The van der Waals surface area contributed by atoms with E-state index in [4.69, 9.17) is 4.98 Å².